The molecule has 4 heterocycles. The molecule has 9 heteroatoms. The Morgan fingerprint density at radius 3 is 1.73 bits per heavy atom. The van der Waals surface area contributed by atoms with Gasteiger partial charge in [-0.25, -0.2) is 0 Å². The van der Waals surface area contributed by atoms with Crippen molar-refractivity contribution in [2.24, 2.45) is 92.7 Å². The number of fused-ring (bicyclic) bond motifs is 1. The monoisotopic (exact) mass is 931 g/mol. The van der Waals surface area contributed by atoms with Crippen LogP contribution in [0, 0.1) is 92.7 Å². The van der Waals surface area contributed by atoms with E-state index in [1.165, 1.54) is 57.8 Å². The van der Waals surface area contributed by atoms with Crippen LogP contribution in [0.15, 0.2) is 0 Å². The first-order chi connectivity index (χ1) is 31.7. The molecule has 380 valence electrons. The van der Waals surface area contributed by atoms with Crippen molar-refractivity contribution in [1.82, 2.24) is 20.4 Å². The van der Waals surface area contributed by atoms with E-state index >= 15 is 0 Å². The van der Waals surface area contributed by atoms with Gasteiger partial charge in [0.15, 0.2) is 0 Å². The zero-order valence-corrected chi connectivity index (χ0v) is 44.3. The fourth-order valence-corrected chi connectivity index (χ4v) is 19.5. The van der Waals surface area contributed by atoms with Crippen LogP contribution in [-0.2, 0) is 19.2 Å². The maximum Gasteiger partial charge on any atom is 0.239 e. The maximum absolute atomic E-state index is 14.5. The lowest BCUT2D eigenvalue weighted by Crippen LogP contribution is -2.56. The van der Waals surface area contributed by atoms with Crippen molar-refractivity contribution < 1.29 is 24.3 Å². The second-order valence-electron chi connectivity index (χ2n) is 26.7. The van der Waals surface area contributed by atoms with E-state index in [1.54, 1.807) is 0 Å². The Morgan fingerprint density at radius 1 is 0.582 bits per heavy atom. The first-order valence-corrected chi connectivity index (χ1v) is 28.5. The van der Waals surface area contributed by atoms with Gasteiger partial charge >= 0.3 is 0 Å². The second kappa shape index (κ2) is 20.2. The molecular weight excluding hydrogens is 833 g/mol. The number of hydrogen-bond donors (Lipinski definition) is 3. The Labute approximate surface area is 408 Å². The number of hydrogen-bond acceptors (Lipinski definition) is 5. The third-order valence-corrected chi connectivity index (χ3v) is 23.2. The molecule has 7 saturated carbocycles. The molecule has 67 heavy (non-hydrogen) atoms. The van der Waals surface area contributed by atoms with E-state index in [4.69, 9.17) is 0 Å². The van der Waals surface area contributed by atoms with Crippen LogP contribution in [0.25, 0.3) is 0 Å². The van der Waals surface area contributed by atoms with Gasteiger partial charge in [0.1, 0.15) is 0 Å². The van der Waals surface area contributed by atoms with Gasteiger partial charge in [0.05, 0.1) is 13.1 Å². The van der Waals surface area contributed by atoms with Crippen LogP contribution in [0.1, 0.15) is 204 Å². The fourth-order valence-electron chi connectivity index (χ4n) is 19.5. The minimum Gasteiger partial charge on any atom is -0.396 e. The summed E-state index contributed by atoms with van der Waals surface area (Å²) in [6.45, 7) is 24.4. The van der Waals surface area contributed by atoms with Gasteiger partial charge in [-0.05, 0) is 242 Å². The van der Waals surface area contributed by atoms with Crippen molar-refractivity contribution in [3.05, 3.63) is 0 Å². The molecule has 0 spiro atoms. The van der Waals surface area contributed by atoms with Crippen molar-refractivity contribution >= 4 is 23.6 Å². The summed E-state index contributed by atoms with van der Waals surface area (Å²) in [6.07, 6.45) is 22.6. The highest BCUT2D eigenvalue weighted by Gasteiger charge is 2.62. The summed E-state index contributed by atoms with van der Waals surface area (Å²) in [4.78, 5) is 59.6. The van der Waals surface area contributed by atoms with E-state index in [1.807, 2.05) is 23.6 Å². The maximum atomic E-state index is 14.5. The quantitative estimate of drug-likeness (QED) is 0.259. The fraction of sp³-hybridized carbons (Fsp3) is 0.931. The highest BCUT2D eigenvalue weighted by atomic mass is 16.3. The first-order valence-electron chi connectivity index (χ1n) is 28.5. The van der Waals surface area contributed by atoms with Gasteiger partial charge in [-0.1, -0.05) is 41.5 Å². The van der Waals surface area contributed by atoms with Crippen molar-refractivity contribution in [3.63, 3.8) is 0 Å². The van der Waals surface area contributed by atoms with E-state index < -0.39 is 0 Å². The number of nitrogens with one attached hydrogen (secondary N) is 2. The average molecular weight is 931 g/mol. The summed E-state index contributed by atoms with van der Waals surface area (Å²) in [5.41, 5.74) is 0.794. The number of amides is 4. The Balaban J connectivity index is 1.00. The second-order valence-corrected chi connectivity index (χ2v) is 26.7. The molecule has 11 aliphatic rings. The number of rotatable bonds is 4. The molecule has 0 unspecified atom stereocenters. The first kappa shape index (κ1) is 51.2. The summed E-state index contributed by atoms with van der Waals surface area (Å²) < 4.78 is 0. The van der Waals surface area contributed by atoms with Crippen LogP contribution in [-0.4, -0.2) is 82.9 Å². The van der Waals surface area contributed by atoms with Crippen molar-refractivity contribution in [3.8, 4) is 0 Å². The lowest BCUT2D eigenvalue weighted by Gasteiger charge is -2.61. The third-order valence-electron chi connectivity index (χ3n) is 23.2. The van der Waals surface area contributed by atoms with E-state index in [0.29, 0.717) is 78.1 Å². The molecule has 17 atom stereocenters. The lowest BCUT2D eigenvalue weighted by molar-refractivity contribution is -0.145. The van der Waals surface area contributed by atoms with E-state index in [9.17, 15) is 24.3 Å². The Kier molecular flexibility index (Phi) is 15.4. The summed E-state index contributed by atoms with van der Waals surface area (Å²) in [5, 5.41) is 17.4. The third kappa shape index (κ3) is 9.56. The minimum absolute atomic E-state index is 0.00320. The predicted octanol–water partition coefficient (Wildman–Crippen LogP) is 10.8. The zero-order chi connectivity index (χ0) is 48.2. The molecular formula is C58H98N4O5. The molecule has 0 aromatic heterocycles. The topological polar surface area (TPSA) is 119 Å². The van der Waals surface area contributed by atoms with Crippen LogP contribution in [0.3, 0.4) is 0 Å². The number of carbonyl (C=O) groups excluding carboxylic acids is 4. The average Bonchev–Trinajstić information content (AvgIpc) is 3.82. The van der Waals surface area contributed by atoms with Crippen LogP contribution in [0.5, 0.6) is 0 Å². The molecule has 0 radical (unpaired) electrons. The Hall–Kier alpha value is -2.16. The molecule has 4 saturated heterocycles. The Bertz CT molecular complexity index is 1790. The predicted molar refractivity (Wildman–Crippen MR) is 268 cm³/mol. The molecule has 11 fully saturated rings. The van der Waals surface area contributed by atoms with Crippen molar-refractivity contribution in [2.45, 2.75) is 222 Å². The van der Waals surface area contributed by atoms with Gasteiger partial charge < -0.3 is 25.5 Å². The highest BCUT2D eigenvalue weighted by Crippen LogP contribution is 2.70. The summed E-state index contributed by atoms with van der Waals surface area (Å²) in [5.74, 6) is 7.34. The van der Waals surface area contributed by atoms with Gasteiger partial charge in [-0.3, -0.25) is 19.2 Å². The van der Waals surface area contributed by atoms with Gasteiger partial charge in [-0.2, -0.15) is 0 Å². The van der Waals surface area contributed by atoms with Crippen LogP contribution >= 0.6 is 0 Å². The number of carbonyl (C=O) groups is 4. The van der Waals surface area contributed by atoms with Gasteiger partial charge in [-0.15, -0.1) is 0 Å². The van der Waals surface area contributed by atoms with Gasteiger partial charge in [0.25, 0.3) is 0 Å². The summed E-state index contributed by atoms with van der Waals surface area (Å²) in [7, 11) is 0. The van der Waals surface area contributed by atoms with Crippen LogP contribution < -0.4 is 10.6 Å². The normalized spacial score (nSPS) is 46.1. The smallest absolute Gasteiger partial charge is 0.239 e. The SMILES string of the molecule is CC(C)N1CC(=O)NCCC[C@@H](C)[C@H]2CC[C@H]3[C@@H]4CC[C@@H]5C[C@@H](CC[C@]5(C)[C@H]4CC[C@]23C)NC(=O)CN(C(C)C)C(=O)C[C@H]2CC[C@@H]3[C@H](CC[C@]4(C)[C@H](CC[C@@H]34)[C@H](C)CCC1=O)[C@@]2(C)CCO. The molecule has 0 aromatic carbocycles. The molecule has 7 aliphatic carbocycles. The largest absolute Gasteiger partial charge is 0.396 e. The molecule has 9 nitrogen and oxygen atoms in total. The highest BCUT2D eigenvalue weighted by molar-refractivity contribution is 5.86. The number of aliphatic hydroxyl groups is 1. The van der Waals surface area contributed by atoms with Crippen LogP contribution in [0.4, 0.5) is 0 Å². The molecule has 0 aromatic rings. The molecule has 4 aliphatic heterocycles. The summed E-state index contributed by atoms with van der Waals surface area (Å²) >= 11 is 0. The van der Waals surface area contributed by atoms with Crippen molar-refractivity contribution in [2.75, 3.05) is 26.2 Å². The van der Waals surface area contributed by atoms with Crippen molar-refractivity contribution in [1.29, 1.82) is 0 Å². The van der Waals surface area contributed by atoms with Gasteiger partial charge in [0, 0.05) is 44.1 Å². The van der Waals surface area contributed by atoms with Crippen LogP contribution in [0.2, 0.25) is 0 Å². The molecule has 11 rings (SSSR count). The minimum atomic E-state index is -0.137. The lowest BCUT2D eigenvalue weighted by atomic mass is 9.44. The molecule has 14 bridgehead atoms. The molecule has 3 N–H and O–H groups in total. The van der Waals surface area contributed by atoms with Gasteiger partial charge in [0.2, 0.25) is 23.6 Å². The van der Waals surface area contributed by atoms with E-state index in [0.717, 1.165) is 81.5 Å². The van der Waals surface area contributed by atoms with E-state index in [-0.39, 0.29) is 78.2 Å². The molecule has 4 amide bonds. The number of nitrogens with zero attached hydrogens (tertiary/aromatic N) is 2. The summed E-state index contributed by atoms with van der Waals surface area (Å²) in [6, 6.07) is 0.0883. The Morgan fingerprint density at radius 2 is 1.10 bits per heavy atom. The van der Waals surface area contributed by atoms with E-state index in [2.05, 4.69) is 66.0 Å². The zero-order valence-electron chi connectivity index (χ0n) is 44.3. The standard InChI is InChI=1S/C58H98N4O5/c1-36(2)61-34-51(64)59-30-11-12-38(5)45-18-20-47-43-16-14-40-32-42(23-26-55(40,7)49(43)24-27-57(45,47)9)60-52(65)35-62(37(3)4)54(67)33-41-15-17-44-48-21-19-46(39(6)13-22-53(61)66)58(48,10)28-25-50(44)56(41,8)29-31-63/h36-50,63H,11-35H2,1-10H3,(H,59,64)(H,60,65)/t38-,39-,40-,41-,42-,43+,44+,45-,46-,47+,48+,49+,50+,55+,56+,57-,58-/m1/s1. The number of aliphatic hydroxyl groups excluding tert-OH is 1.